The number of rotatable bonds is 3. The first-order valence-corrected chi connectivity index (χ1v) is 6.56. The van der Waals surface area contributed by atoms with Crippen molar-refractivity contribution in [1.82, 2.24) is 15.0 Å². The molecule has 0 spiro atoms. The largest absolute Gasteiger partial charge is 0.456 e. The highest BCUT2D eigenvalue weighted by atomic mass is 19.4. The van der Waals surface area contributed by atoms with Crippen molar-refractivity contribution < 1.29 is 18.0 Å². The van der Waals surface area contributed by atoms with Crippen molar-refractivity contribution in [1.29, 1.82) is 0 Å². The summed E-state index contributed by atoms with van der Waals surface area (Å²) in [5.41, 5.74) is 2.86. The van der Waals surface area contributed by atoms with Crippen molar-refractivity contribution in [2.75, 3.05) is 0 Å². The molecule has 0 atom stereocenters. The highest BCUT2D eigenvalue weighted by Gasteiger charge is 2.41. The molecular formula is C14H12F3N3O. The SMILES string of the molecule is O=C(c1cn(Cc2ccc3c(c2)CCC3)nn1)C(F)(F)F. The molecule has 0 amide bonds. The first-order chi connectivity index (χ1) is 9.93. The number of carbonyl (C=O) groups is 1. The molecule has 1 aliphatic carbocycles. The van der Waals surface area contributed by atoms with Crippen LogP contribution in [-0.4, -0.2) is 27.0 Å². The number of aryl methyl sites for hydroxylation is 2. The summed E-state index contributed by atoms with van der Waals surface area (Å²) < 4.78 is 38.1. The Balaban J connectivity index is 1.77. The summed E-state index contributed by atoms with van der Waals surface area (Å²) in [5.74, 6) is -1.97. The maximum atomic E-state index is 12.3. The molecule has 1 aromatic carbocycles. The predicted molar refractivity (Wildman–Crippen MR) is 68.0 cm³/mol. The van der Waals surface area contributed by atoms with Crippen LogP contribution < -0.4 is 0 Å². The number of benzene rings is 1. The van der Waals surface area contributed by atoms with Gasteiger partial charge in [-0.1, -0.05) is 23.4 Å². The van der Waals surface area contributed by atoms with E-state index in [1.807, 2.05) is 18.2 Å². The van der Waals surface area contributed by atoms with E-state index in [1.165, 1.54) is 15.8 Å². The van der Waals surface area contributed by atoms with Gasteiger partial charge in [-0.2, -0.15) is 13.2 Å². The average Bonchev–Trinajstić information content (AvgIpc) is 3.05. The van der Waals surface area contributed by atoms with Crippen LogP contribution in [0.25, 0.3) is 0 Å². The second-order valence-corrected chi connectivity index (χ2v) is 5.08. The molecule has 0 saturated heterocycles. The van der Waals surface area contributed by atoms with Gasteiger partial charge in [0.25, 0.3) is 5.78 Å². The van der Waals surface area contributed by atoms with E-state index in [2.05, 4.69) is 10.3 Å². The molecule has 3 rings (SSSR count). The lowest BCUT2D eigenvalue weighted by Crippen LogP contribution is -2.23. The quantitative estimate of drug-likeness (QED) is 0.818. The lowest BCUT2D eigenvalue weighted by molar-refractivity contribution is -0.0888. The number of alkyl halides is 3. The van der Waals surface area contributed by atoms with Gasteiger partial charge in [0.15, 0.2) is 5.69 Å². The van der Waals surface area contributed by atoms with Gasteiger partial charge in [0.2, 0.25) is 0 Å². The fourth-order valence-electron chi connectivity index (χ4n) is 2.54. The van der Waals surface area contributed by atoms with Crippen LogP contribution >= 0.6 is 0 Å². The van der Waals surface area contributed by atoms with Gasteiger partial charge in [-0.15, -0.1) is 5.10 Å². The fraction of sp³-hybridized carbons (Fsp3) is 0.357. The highest BCUT2D eigenvalue weighted by molar-refractivity contribution is 5.98. The number of fused-ring (bicyclic) bond motifs is 1. The number of hydrogen-bond acceptors (Lipinski definition) is 3. The molecule has 0 aliphatic heterocycles. The van der Waals surface area contributed by atoms with E-state index in [1.54, 1.807) is 0 Å². The van der Waals surface area contributed by atoms with Crippen molar-refractivity contribution in [3.63, 3.8) is 0 Å². The van der Waals surface area contributed by atoms with Crippen molar-refractivity contribution in [2.45, 2.75) is 32.0 Å². The smallest absolute Gasteiger partial charge is 0.282 e. The van der Waals surface area contributed by atoms with Gasteiger partial charge in [0, 0.05) is 0 Å². The van der Waals surface area contributed by atoms with E-state index in [9.17, 15) is 18.0 Å². The van der Waals surface area contributed by atoms with Gasteiger partial charge < -0.3 is 0 Å². The maximum Gasteiger partial charge on any atom is 0.456 e. The van der Waals surface area contributed by atoms with E-state index >= 15 is 0 Å². The number of Topliss-reactive ketones (excluding diaryl/α,β-unsaturated/α-hetero) is 1. The molecule has 4 nitrogen and oxygen atoms in total. The van der Waals surface area contributed by atoms with E-state index in [0.29, 0.717) is 6.54 Å². The molecule has 0 saturated carbocycles. The Morgan fingerprint density at radius 2 is 2.00 bits per heavy atom. The second-order valence-electron chi connectivity index (χ2n) is 5.08. The van der Waals surface area contributed by atoms with Crippen molar-refractivity contribution in [3.05, 3.63) is 46.8 Å². The fourth-order valence-corrected chi connectivity index (χ4v) is 2.54. The van der Waals surface area contributed by atoms with Crippen molar-refractivity contribution in [3.8, 4) is 0 Å². The Bertz CT molecular complexity index is 691. The molecule has 1 aromatic heterocycles. The van der Waals surface area contributed by atoms with Crippen LogP contribution in [0.15, 0.2) is 24.4 Å². The summed E-state index contributed by atoms with van der Waals surface area (Å²) in [6.07, 6.45) is -0.661. The molecule has 21 heavy (non-hydrogen) atoms. The average molecular weight is 295 g/mol. The van der Waals surface area contributed by atoms with Crippen LogP contribution in [0.5, 0.6) is 0 Å². The summed E-state index contributed by atoms with van der Waals surface area (Å²) in [4.78, 5) is 11.0. The molecule has 110 valence electrons. The number of nitrogens with zero attached hydrogens (tertiary/aromatic N) is 3. The van der Waals surface area contributed by atoms with Crippen LogP contribution in [0.3, 0.4) is 0 Å². The van der Waals surface area contributed by atoms with Crippen molar-refractivity contribution in [2.24, 2.45) is 0 Å². The monoisotopic (exact) mass is 295 g/mol. The van der Waals surface area contributed by atoms with Gasteiger partial charge in [0.1, 0.15) is 0 Å². The standard InChI is InChI=1S/C14H12F3N3O/c15-14(16,17)13(21)12-8-20(19-18-12)7-9-4-5-10-2-1-3-11(10)6-9/h4-6,8H,1-3,7H2. The minimum absolute atomic E-state index is 0.297. The topological polar surface area (TPSA) is 47.8 Å². The molecule has 0 bridgehead atoms. The van der Waals surface area contributed by atoms with Crippen LogP contribution in [0, 0.1) is 0 Å². The summed E-state index contributed by atoms with van der Waals surface area (Å²) in [7, 11) is 0. The molecule has 0 unspecified atom stereocenters. The third-order valence-corrected chi connectivity index (χ3v) is 3.54. The number of ketones is 1. The number of aromatic nitrogens is 3. The molecule has 0 fully saturated rings. The van der Waals surface area contributed by atoms with Crippen LogP contribution in [-0.2, 0) is 19.4 Å². The number of carbonyl (C=O) groups excluding carboxylic acids is 1. The minimum atomic E-state index is -4.92. The first-order valence-electron chi connectivity index (χ1n) is 6.56. The molecule has 2 aromatic rings. The molecular weight excluding hydrogens is 283 g/mol. The molecule has 1 heterocycles. The predicted octanol–water partition coefficient (Wildman–Crippen LogP) is 2.56. The lowest BCUT2D eigenvalue weighted by Gasteiger charge is -2.04. The van der Waals surface area contributed by atoms with Gasteiger partial charge in [-0.05, 0) is 36.0 Å². The summed E-state index contributed by atoms with van der Waals surface area (Å²) in [6, 6.07) is 6.00. The Morgan fingerprint density at radius 3 is 2.76 bits per heavy atom. The Kier molecular flexibility index (Phi) is 3.27. The lowest BCUT2D eigenvalue weighted by atomic mass is 10.1. The number of halogens is 3. The molecule has 7 heteroatoms. The van der Waals surface area contributed by atoms with Crippen LogP contribution in [0.4, 0.5) is 13.2 Å². The van der Waals surface area contributed by atoms with E-state index in [4.69, 9.17) is 0 Å². The number of hydrogen-bond donors (Lipinski definition) is 0. The van der Waals surface area contributed by atoms with E-state index < -0.39 is 17.7 Å². The van der Waals surface area contributed by atoms with E-state index in [0.717, 1.165) is 31.0 Å². The first kappa shape index (κ1) is 13.8. The highest BCUT2D eigenvalue weighted by Crippen LogP contribution is 2.23. The van der Waals surface area contributed by atoms with Crippen molar-refractivity contribution >= 4 is 5.78 Å². The molecule has 0 radical (unpaired) electrons. The molecule has 0 N–H and O–H groups in total. The zero-order valence-corrected chi connectivity index (χ0v) is 11.0. The normalized spacial score (nSPS) is 14.2. The zero-order chi connectivity index (χ0) is 15.0. The van der Waals surface area contributed by atoms with E-state index in [-0.39, 0.29) is 0 Å². The summed E-state index contributed by atoms with van der Waals surface area (Å²) in [5, 5.41) is 6.88. The minimum Gasteiger partial charge on any atom is -0.282 e. The van der Waals surface area contributed by atoms with Crippen LogP contribution in [0.2, 0.25) is 0 Å². The molecule has 1 aliphatic rings. The Morgan fingerprint density at radius 1 is 1.24 bits per heavy atom. The Labute approximate surface area is 118 Å². The third kappa shape index (κ3) is 2.81. The third-order valence-electron chi connectivity index (χ3n) is 3.54. The van der Waals surface area contributed by atoms with Gasteiger partial charge in [-0.25, -0.2) is 4.68 Å². The summed E-state index contributed by atoms with van der Waals surface area (Å²) in [6.45, 7) is 0.297. The van der Waals surface area contributed by atoms with Gasteiger partial charge in [-0.3, -0.25) is 4.79 Å². The zero-order valence-electron chi connectivity index (χ0n) is 11.0. The van der Waals surface area contributed by atoms with Crippen LogP contribution in [0.1, 0.15) is 33.6 Å². The maximum absolute atomic E-state index is 12.3. The second kappa shape index (κ2) is 4.98. The summed E-state index contributed by atoms with van der Waals surface area (Å²) >= 11 is 0. The van der Waals surface area contributed by atoms with Gasteiger partial charge >= 0.3 is 6.18 Å². The van der Waals surface area contributed by atoms with Gasteiger partial charge in [0.05, 0.1) is 12.7 Å². The Hall–Kier alpha value is -2.18.